The van der Waals surface area contributed by atoms with Gasteiger partial charge in [0, 0.05) is 30.0 Å². The van der Waals surface area contributed by atoms with Gasteiger partial charge in [-0.2, -0.15) is 0 Å². The number of nitrogen functional groups attached to an aromatic ring is 1. The lowest BCUT2D eigenvalue weighted by atomic mass is 10.1. The quantitative estimate of drug-likeness (QED) is 0.677. The molecule has 7 heteroatoms. The lowest BCUT2D eigenvalue weighted by Crippen LogP contribution is -2.41. The van der Waals surface area contributed by atoms with Crippen LogP contribution in [0, 0.1) is 5.92 Å². The molecule has 3 aromatic heterocycles. The van der Waals surface area contributed by atoms with Gasteiger partial charge in [-0.05, 0) is 31.4 Å². The van der Waals surface area contributed by atoms with Crippen LogP contribution in [0.2, 0.25) is 0 Å². The average molecular weight is 321 g/mol. The van der Waals surface area contributed by atoms with Crippen LogP contribution >= 0.6 is 0 Å². The summed E-state index contributed by atoms with van der Waals surface area (Å²) in [7, 11) is 0. The van der Waals surface area contributed by atoms with Crippen LogP contribution in [-0.4, -0.2) is 38.0 Å². The molecule has 0 aromatic carbocycles. The molecule has 7 nitrogen and oxygen atoms in total. The van der Waals surface area contributed by atoms with Crippen LogP contribution in [0.1, 0.15) is 12.8 Å². The summed E-state index contributed by atoms with van der Waals surface area (Å²) in [5.41, 5.74) is 9.04. The van der Waals surface area contributed by atoms with Crippen LogP contribution in [-0.2, 0) is 0 Å². The number of nitrogens with zero attached hydrogens (tertiary/aromatic N) is 4. The van der Waals surface area contributed by atoms with Gasteiger partial charge in [0.15, 0.2) is 0 Å². The van der Waals surface area contributed by atoms with Gasteiger partial charge in [-0.15, -0.1) is 0 Å². The molecule has 1 aliphatic heterocycles. The van der Waals surface area contributed by atoms with E-state index in [9.17, 15) is 0 Å². The van der Waals surface area contributed by atoms with Crippen molar-refractivity contribution in [3.63, 3.8) is 0 Å². The van der Waals surface area contributed by atoms with Crippen molar-refractivity contribution in [3.8, 4) is 11.4 Å². The van der Waals surface area contributed by atoms with E-state index >= 15 is 0 Å². The molecule has 24 heavy (non-hydrogen) atoms. The first kappa shape index (κ1) is 13.7. The summed E-state index contributed by atoms with van der Waals surface area (Å²) in [6, 6.07) is 4.70. The molecule has 0 amide bonds. The van der Waals surface area contributed by atoms with Gasteiger partial charge in [0.1, 0.15) is 17.2 Å². The van der Waals surface area contributed by atoms with E-state index in [1.165, 1.54) is 12.8 Å². The van der Waals surface area contributed by atoms with Crippen LogP contribution in [0.3, 0.4) is 0 Å². The van der Waals surface area contributed by atoms with Crippen molar-refractivity contribution in [3.05, 3.63) is 36.9 Å². The highest BCUT2D eigenvalue weighted by molar-refractivity contribution is 5.63. The number of imidazole rings is 1. The largest absolute Gasteiger partial charge is 0.399 e. The number of hydrogen-bond donors (Lipinski definition) is 3. The highest BCUT2D eigenvalue weighted by Gasteiger charge is 2.39. The Morgan fingerprint density at radius 3 is 3.04 bits per heavy atom. The van der Waals surface area contributed by atoms with Crippen LogP contribution in [0.5, 0.6) is 0 Å². The van der Waals surface area contributed by atoms with Crippen molar-refractivity contribution in [1.29, 1.82) is 0 Å². The molecule has 3 aromatic rings. The number of pyridine rings is 1. The Balaban J connectivity index is 1.46. The minimum Gasteiger partial charge on any atom is -0.399 e. The summed E-state index contributed by atoms with van der Waals surface area (Å²) in [4.78, 5) is 13.5. The summed E-state index contributed by atoms with van der Waals surface area (Å²) in [6.45, 7) is 1.15. The van der Waals surface area contributed by atoms with Gasteiger partial charge in [0.2, 0.25) is 0 Å². The molecule has 1 saturated heterocycles. The van der Waals surface area contributed by atoms with Crippen LogP contribution in [0.25, 0.3) is 17.0 Å². The molecule has 4 heterocycles. The van der Waals surface area contributed by atoms with Gasteiger partial charge in [0.25, 0.3) is 0 Å². The number of fused-ring (bicyclic) bond motifs is 3. The summed E-state index contributed by atoms with van der Waals surface area (Å²) >= 11 is 0. The third-order valence-electron chi connectivity index (χ3n) is 5.10. The van der Waals surface area contributed by atoms with Gasteiger partial charge in [0.05, 0.1) is 24.3 Å². The van der Waals surface area contributed by atoms with E-state index < -0.39 is 0 Å². The summed E-state index contributed by atoms with van der Waals surface area (Å²) in [5, 5.41) is 7.11. The molecule has 122 valence electrons. The number of anilines is 2. The number of nitrogens with two attached hydrogens (primary N) is 1. The third-order valence-corrected chi connectivity index (χ3v) is 5.10. The molecule has 5 rings (SSSR count). The second kappa shape index (κ2) is 5.17. The SMILES string of the molecule is Nc1ccn2c(-c3cncc(N[C@@H]4C[C@@H]5CN[C@H]4C5)n3)cnc2c1. The third kappa shape index (κ3) is 2.20. The molecule has 4 N–H and O–H groups in total. The van der Waals surface area contributed by atoms with E-state index in [0.29, 0.717) is 17.8 Å². The minimum atomic E-state index is 0.440. The zero-order chi connectivity index (χ0) is 16.1. The van der Waals surface area contributed by atoms with E-state index in [-0.39, 0.29) is 0 Å². The Labute approximate surface area is 139 Å². The number of nitrogens with one attached hydrogen (secondary N) is 2. The van der Waals surface area contributed by atoms with Crippen molar-refractivity contribution in [1.82, 2.24) is 24.7 Å². The maximum absolute atomic E-state index is 5.82. The van der Waals surface area contributed by atoms with Crippen molar-refractivity contribution < 1.29 is 0 Å². The standard InChI is InChI=1S/C17H19N7/c18-11-1-2-24-15(8-21-17(24)5-11)14-7-19-9-16(23-14)22-13-4-10-3-12(13)20-6-10/h1-2,5,7-10,12-13,20H,3-4,6,18H2,(H,22,23)/t10-,12+,13-/m1/s1. The first-order valence-electron chi connectivity index (χ1n) is 8.31. The first-order valence-corrected chi connectivity index (χ1v) is 8.31. The fourth-order valence-corrected chi connectivity index (χ4v) is 3.95. The minimum absolute atomic E-state index is 0.440. The second-order valence-electron chi connectivity index (χ2n) is 6.72. The average Bonchev–Trinajstić information content (AvgIpc) is 3.29. The predicted octanol–water partition coefficient (Wildman–Crippen LogP) is 1.54. The zero-order valence-corrected chi connectivity index (χ0v) is 13.2. The number of aromatic nitrogens is 4. The van der Waals surface area contributed by atoms with Gasteiger partial charge < -0.3 is 16.4 Å². The highest BCUT2D eigenvalue weighted by atomic mass is 15.1. The van der Waals surface area contributed by atoms with Crippen molar-refractivity contribution in [2.75, 3.05) is 17.6 Å². The zero-order valence-electron chi connectivity index (χ0n) is 13.2. The maximum atomic E-state index is 5.82. The fraction of sp³-hybridized carbons (Fsp3) is 0.353. The fourth-order valence-electron chi connectivity index (χ4n) is 3.95. The first-order chi connectivity index (χ1) is 11.8. The number of rotatable bonds is 3. The van der Waals surface area contributed by atoms with Gasteiger partial charge in [-0.1, -0.05) is 0 Å². The Morgan fingerprint density at radius 1 is 1.25 bits per heavy atom. The second-order valence-corrected chi connectivity index (χ2v) is 6.72. The smallest absolute Gasteiger partial charge is 0.145 e. The Bertz CT molecular complexity index is 903. The molecule has 1 saturated carbocycles. The summed E-state index contributed by atoms with van der Waals surface area (Å²) in [5.74, 6) is 1.62. The molecule has 0 radical (unpaired) electrons. The topological polar surface area (TPSA) is 93.2 Å². The lowest BCUT2D eigenvalue weighted by Gasteiger charge is -2.24. The van der Waals surface area contributed by atoms with E-state index in [4.69, 9.17) is 10.7 Å². The van der Waals surface area contributed by atoms with E-state index in [2.05, 4.69) is 20.6 Å². The van der Waals surface area contributed by atoms with E-state index in [1.807, 2.05) is 28.9 Å². The normalized spacial score (nSPS) is 25.4. The molecule has 3 atom stereocenters. The molecular weight excluding hydrogens is 302 g/mol. The van der Waals surface area contributed by atoms with Crippen molar-refractivity contribution >= 4 is 17.2 Å². The molecule has 2 aliphatic rings. The van der Waals surface area contributed by atoms with Crippen molar-refractivity contribution in [2.45, 2.75) is 24.9 Å². The van der Waals surface area contributed by atoms with Crippen LogP contribution in [0.4, 0.5) is 11.5 Å². The number of piperidine rings is 1. The van der Waals surface area contributed by atoms with Gasteiger partial charge in [-0.25, -0.2) is 9.97 Å². The number of hydrogen-bond acceptors (Lipinski definition) is 6. The molecule has 0 spiro atoms. The maximum Gasteiger partial charge on any atom is 0.145 e. The summed E-state index contributed by atoms with van der Waals surface area (Å²) < 4.78 is 1.98. The molecular formula is C17H19N7. The van der Waals surface area contributed by atoms with Crippen molar-refractivity contribution in [2.24, 2.45) is 5.92 Å². The van der Waals surface area contributed by atoms with Gasteiger partial charge in [-0.3, -0.25) is 9.38 Å². The Hall–Kier alpha value is -2.67. The lowest BCUT2D eigenvalue weighted by molar-refractivity contribution is 0.465. The molecule has 0 unspecified atom stereocenters. The highest BCUT2D eigenvalue weighted by Crippen LogP contribution is 2.33. The van der Waals surface area contributed by atoms with E-state index in [0.717, 1.165) is 35.3 Å². The Morgan fingerprint density at radius 2 is 2.21 bits per heavy atom. The van der Waals surface area contributed by atoms with E-state index in [1.54, 1.807) is 12.4 Å². The Kier molecular flexibility index (Phi) is 2.96. The molecule has 1 aliphatic carbocycles. The summed E-state index contributed by atoms with van der Waals surface area (Å²) in [6.07, 6.45) is 9.75. The monoisotopic (exact) mass is 321 g/mol. The van der Waals surface area contributed by atoms with Gasteiger partial charge >= 0.3 is 0 Å². The van der Waals surface area contributed by atoms with Crippen LogP contribution in [0.15, 0.2) is 36.9 Å². The van der Waals surface area contributed by atoms with Crippen LogP contribution < -0.4 is 16.4 Å². The molecule has 2 bridgehead atoms. The predicted molar refractivity (Wildman–Crippen MR) is 92.6 cm³/mol. The molecule has 2 fully saturated rings.